The smallest absolute Gasteiger partial charge is 0.194 e. The third kappa shape index (κ3) is 3.14. The number of ether oxygens (including phenoxy) is 1. The summed E-state index contributed by atoms with van der Waals surface area (Å²) in [7, 11) is 0. The van der Waals surface area contributed by atoms with Crippen LogP contribution in [0.4, 0.5) is 0 Å². The van der Waals surface area contributed by atoms with Crippen LogP contribution >= 0.6 is 0 Å². The summed E-state index contributed by atoms with van der Waals surface area (Å²) in [5.41, 5.74) is 1.38. The molecule has 0 bridgehead atoms. The average molecular weight is 474 g/mol. The molecule has 7 heteroatoms. The van der Waals surface area contributed by atoms with E-state index >= 15 is 0 Å². The van der Waals surface area contributed by atoms with Crippen LogP contribution in [-0.2, 0) is 21.4 Å². The Bertz CT molecular complexity index is 1400. The van der Waals surface area contributed by atoms with Crippen molar-refractivity contribution in [3.63, 3.8) is 0 Å². The van der Waals surface area contributed by atoms with Gasteiger partial charge in [0.05, 0.1) is 17.2 Å². The number of carbonyl (C=O) groups is 3. The molecule has 7 nitrogen and oxygen atoms in total. The van der Waals surface area contributed by atoms with E-state index in [2.05, 4.69) is 17.4 Å². The summed E-state index contributed by atoms with van der Waals surface area (Å²) in [6.07, 6.45) is 4.10. The fraction of sp³-hybridized carbons (Fsp3) is 0.321. The highest BCUT2D eigenvalue weighted by molar-refractivity contribution is 6.31. The summed E-state index contributed by atoms with van der Waals surface area (Å²) in [6, 6.07) is 8.11. The summed E-state index contributed by atoms with van der Waals surface area (Å²) in [4.78, 5) is 39.4. The van der Waals surface area contributed by atoms with Crippen LogP contribution in [0.5, 0.6) is 17.2 Å². The first-order valence-electron chi connectivity index (χ1n) is 11.7. The summed E-state index contributed by atoms with van der Waals surface area (Å²) in [6.45, 7) is 6.01. The Balaban J connectivity index is 1.63. The Morgan fingerprint density at radius 2 is 1.86 bits per heavy atom. The van der Waals surface area contributed by atoms with Crippen LogP contribution in [0.1, 0.15) is 72.3 Å². The highest BCUT2D eigenvalue weighted by Gasteiger charge is 2.56. The largest absolute Gasteiger partial charge is 0.507 e. The molecule has 0 aromatic heterocycles. The monoisotopic (exact) mass is 473 g/mol. The third-order valence-corrected chi connectivity index (χ3v) is 7.52. The fourth-order valence-electron chi connectivity index (χ4n) is 5.60. The van der Waals surface area contributed by atoms with E-state index in [9.17, 15) is 24.6 Å². The molecular formula is C28H27NO6. The molecule has 0 unspecified atom stereocenters. The fourth-order valence-corrected chi connectivity index (χ4v) is 5.60. The van der Waals surface area contributed by atoms with Crippen molar-refractivity contribution in [2.24, 2.45) is 0 Å². The normalized spacial score (nSPS) is 24.1. The van der Waals surface area contributed by atoms with Gasteiger partial charge in [0.15, 0.2) is 17.3 Å². The number of hydrogen-bond donors (Lipinski definition) is 3. The van der Waals surface area contributed by atoms with Crippen molar-refractivity contribution in [2.75, 3.05) is 0 Å². The molecule has 0 fully saturated rings. The van der Waals surface area contributed by atoms with Crippen molar-refractivity contribution < 1.29 is 29.3 Å². The Morgan fingerprint density at radius 3 is 2.57 bits per heavy atom. The molecule has 1 heterocycles. The van der Waals surface area contributed by atoms with E-state index in [1.54, 1.807) is 13.8 Å². The van der Waals surface area contributed by atoms with E-state index in [4.69, 9.17) is 4.74 Å². The second kappa shape index (κ2) is 7.83. The molecule has 180 valence electrons. The summed E-state index contributed by atoms with van der Waals surface area (Å²) in [5, 5.41) is 24.8. The van der Waals surface area contributed by atoms with Gasteiger partial charge in [0, 0.05) is 17.3 Å². The van der Waals surface area contributed by atoms with Gasteiger partial charge < -0.3 is 20.3 Å². The number of allylic oxidation sites excluding steroid dienone is 4. The zero-order valence-corrected chi connectivity index (χ0v) is 20.1. The second-order valence-electron chi connectivity index (χ2n) is 9.67. The lowest BCUT2D eigenvalue weighted by Gasteiger charge is -2.31. The van der Waals surface area contributed by atoms with Crippen molar-refractivity contribution in [3.05, 3.63) is 75.2 Å². The van der Waals surface area contributed by atoms with Gasteiger partial charge in [-0.2, -0.15) is 0 Å². The van der Waals surface area contributed by atoms with Crippen molar-refractivity contribution in [2.45, 2.75) is 58.4 Å². The number of hydrogen-bond acceptors (Lipinski definition) is 7. The van der Waals surface area contributed by atoms with E-state index in [0.29, 0.717) is 5.70 Å². The topological polar surface area (TPSA) is 113 Å². The first kappa shape index (κ1) is 22.9. The van der Waals surface area contributed by atoms with Crippen molar-refractivity contribution >= 4 is 17.3 Å². The number of phenolic OH excluding ortho intramolecular Hbond substituents is 2. The molecule has 2 atom stereocenters. The van der Waals surface area contributed by atoms with Gasteiger partial charge in [-0.1, -0.05) is 24.3 Å². The van der Waals surface area contributed by atoms with Gasteiger partial charge in [0.1, 0.15) is 34.0 Å². The highest BCUT2D eigenvalue weighted by atomic mass is 16.5. The maximum atomic E-state index is 14.0. The predicted molar refractivity (Wildman–Crippen MR) is 129 cm³/mol. The lowest BCUT2D eigenvalue weighted by Crippen LogP contribution is -2.41. The van der Waals surface area contributed by atoms with E-state index in [1.807, 2.05) is 12.1 Å². The third-order valence-electron chi connectivity index (χ3n) is 7.52. The Morgan fingerprint density at radius 1 is 1.14 bits per heavy atom. The number of carbonyl (C=O) groups excluding carboxylic acids is 3. The van der Waals surface area contributed by atoms with Gasteiger partial charge in [-0.05, 0) is 58.1 Å². The minimum Gasteiger partial charge on any atom is -0.507 e. The maximum Gasteiger partial charge on any atom is 0.194 e. The molecule has 0 saturated carbocycles. The van der Waals surface area contributed by atoms with Crippen LogP contribution in [0.15, 0.2) is 47.4 Å². The molecule has 2 aromatic carbocycles. The van der Waals surface area contributed by atoms with Gasteiger partial charge in [-0.15, -0.1) is 0 Å². The number of Topliss-reactive ketones (excluding diaryl/α,β-unsaturated/α-hetero) is 2. The van der Waals surface area contributed by atoms with Gasteiger partial charge in [0.2, 0.25) is 0 Å². The van der Waals surface area contributed by atoms with Crippen LogP contribution in [0.2, 0.25) is 0 Å². The van der Waals surface area contributed by atoms with Crippen LogP contribution < -0.4 is 10.1 Å². The van der Waals surface area contributed by atoms with E-state index in [0.717, 1.165) is 24.8 Å². The van der Waals surface area contributed by atoms with Gasteiger partial charge >= 0.3 is 0 Å². The predicted octanol–water partition coefficient (Wildman–Crippen LogP) is 4.24. The molecule has 2 aliphatic carbocycles. The van der Waals surface area contributed by atoms with E-state index in [-0.39, 0.29) is 45.6 Å². The molecule has 0 saturated heterocycles. The molecule has 3 aliphatic rings. The number of nitrogens with one attached hydrogen (secondary N) is 1. The number of rotatable bonds is 3. The van der Waals surface area contributed by atoms with Gasteiger partial charge in [0.25, 0.3) is 0 Å². The van der Waals surface area contributed by atoms with Crippen molar-refractivity contribution in [1.82, 2.24) is 5.32 Å². The Labute approximate surface area is 203 Å². The average Bonchev–Trinajstić information content (AvgIpc) is 3.10. The molecule has 35 heavy (non-hydrogen) atoms. The zero-order chi connectivity index (χ0) is 25.2. The molecule has 5 rings (SSSR count). The molecule has 3 N–H and O–H groups in total. The molecule has 0 amide bonds. The highest BCUT2D eigenvalue weighted by Crippen LogP contribution is 2.57. The minimum absolute atomic E-state index is 0.00902. The second-order valence-corrected chi connectivity index (χ2v) is 9.67. The molecular weight excluding hydrogens is 446 g/mol. The van der Waals surface area contributed by atoms with Crippen LogP contribution in [0.25, 0.3) is 0 Å². The molecule has 1 aliphatic heterocycles. The van der Waals surface area contributed by atoms with Crippen molar-refractivity contribution in [1.29, 1.82) is 0 Å². The standard InChI is InChI=1S/C28H27NO6/c1-13-24(32)22(15(3)30)26-23(25(13)33)28(4)20(35-26)12-19(31)21(27(28)34)14(2)29-18-11-7-9-16-8-5-6-10-17(16)18/h5-6,8,10,12,18,29,32-33H,7,9,11H2,1-4H3/b21-14+/t18-,28+/m1/s1. The molecule has 0 radical (unpaired) electrons. The first-order chi connectivity index (χ1) is 16.6. The van der Waals surface area contributed by atoms with Crippen LogP contribution in [0, 0.1) is 6.92 Å². The summed E-state index contributed by atoms with van der Waals surface area (Å²) in [5.74, 6) is -2.29. The minimum atomic E-state index is -1.52. The lowest BCUT2D eigenvalue weighted by molar-refractivity contribution is -0.123. The van der Waals surface area contributed by atoms with E-state index < -0.39 is 28.5 Å². The number of phenols is 2. The van der Waals surface area contributed by atoms with Crippen molar-refractivity contribution in [3.8, 4) is 17.2 Å². The maximum absolute atomic E-state index is 14.0. The number of aryl methyl sites for hydroxylation is 1. The number of fused-ring (bicyclic) bond motifs is 4. The Kier molecular flexibility index (Phi) is 5.13. The quantitative estimate of drug-likeness (QED) is 0.347. The van der Waals surface area contributed by atoms with Crippen LogP contribution in [0.3, 0.4) is 0 Å². The van der Waals surface area contributed by atoms with Crippen LogP contribution in [-0.4, -0.2) is 27.6 Å². The van der Waals surface area contributed by atoms with Gasteiger partial charge in [-0.3, -0.25) is 14.4 Å². The number of aromatic hydroxyl groups is 2. The number of benzene rings is 2. The molecule has 0 spiro atoms. The number of ketones is 3. The van der Waals surface area contributed by atoms with Gasteiger partial charge in [-0.25, -0.2) is 0 Å². The summed E-state index contributed by atoms with van der Waals surface area (Å²) >= 11 is 0. The lowest BCUT2D eigenvalue weighted by atomic mass is 9.70. The van der Waals surface area contributed by atoms with E-state index in [1.165, 1.54) is 25.5 Å². The Hall–Kier alpha value is -3.87. The zero-order valence-electron chi connectivity index (χ0n) is 20.1. The SMILES string of the molecule is CC(=O)c1c(O)c(C)c(O)c2c1OC1=CC(=O)/C(=C(/C)N[C@@H]3CCCc4ccccc43)C(=O)[C@@]12C. The first-order valence-corrected chi connectivity index (χ1v) is 11.7. The summed E-state index contributed by atoms with van der Waals surface area (Å²) < 4.78 is 5.82. The molecule has 2 aromatic rings.